The molecule has 0 amide bonds. The van der Waals surface area contributed by atoms with Crippen LogP contribution in [0.15, 0.2) is 28.8 Å². The molecule has 0 saturated carbocycles. The van der Waals surface area contributed by atoms with Gasteiger partial charge in [0, 0.05) is 17.7 Å². The number of rotatable bonds is 4. The van der Waals surface area contributed by atoms with Gasteiger partial charge in [-0.1, -0.05) is 50.2 Å². The molecule has 7 nitrogen and oxygen atoms in total. The summed E-state index contributed by atoms with van der Waals surface area (Å²) in [6.45, 7) is 10.7. The largest absolute Gasteiger partial charge is 0.361 e. The van der Waals surface area contributed by atoms with Crippen LogP contribution in [-0.4, -0.2) is 26.7 Å². The van der Waals surface area contributed by atoms with Crippen LogP contribution < -0.4 is 10.6 Å². The SMILES string of the molecule is Cc1nc2c(c(NCc3nc(-c4ccc(C(C)(C)C)cc4)no3)n1)CCNC2. The lowest BCUT2D eigenvalue weighted by Gasteiger charge is -2.19. The molecule has 3 aromatic rings. The van der Waals surface area contributed by atoms with Crippen LogP contribution in [0, 0.1) is 6.92 Å². The lowest BCUT2D eigenvalue weighted by Crippen LogP contribution is -2.26. The van der Waals surface area contributed by atoms with Gasteiger partial charge in [0.1, 0.15) is 11.6 Å². The van der Waals surface area contributed by atoms with E-state index in [0.29, 0.717) is 18.3 Å². The topological polar surface area (TPSA) is 88.8 Å². The van der Waals surface area contributed by atoms with Gasteiger partial charge in [-0.15, -0.1) is 0 Å². The predicted molar refractivity (Wildman–Crippen MR) is 108 cm³/mol. The van der Waals surface area contributed by atoms with Crippen molar-refractivity contribution in [3.63, 3.8) is 0 Å². The lowest BCUT2D eigenvalue weighted by atomic mass is 9.87. The quantitative estimate of drug-likeness (QED) is 0.719. The molecular formula is C21H26N6O. The normalized spacial score (nSPS) is 14.0. The summed E-state index contributed by atoms with van der Waals surface area (Å²) in [5.74, 6) is 2.75. The van der Waals surface area contributed by atoms with Crippen molar-refractivity contribution in [1.82, 2.24) is 25.4 Å². The third kappa shape index (κ3) is 3.89. The Morgan fingerprint density at radius 1 is 1.11 bits per heavy atom. The summed E-state index contributed by atoms with van der Waals surface area (Å²) in [5, 5.41) is 10.8. The minimum Gasteiger partial charge on any atom is -0.361 e. The van der Waals surface area contributed by atoms with Gasteiger partial charge in [-0.3, -0.25) is 0 Å². The van der Waals surface area contributed by atoms with Crippen molar-refractivity contribution < 1.29 is 4.52 Å². The molecule has 1 aliphatic rings. The second-order valence-corrected chi connectivity index (χ2v) is 8.16. The zero-order valence-electron chi connectivity index (χ0n) is 16.8. The number of fused-ring (bicyclic) bond motifs is 1. The van der Waals surface area contributed by atoms with Gasteiger partial charge in [-0.25, -0.2) is 9.97 Å². The molecule has 3 heterocycles. The molecule has 0 aliphatic carbocycles. The van der Waals surface area contributed by atoms with Crippen molar-refractivity contribution in [3.05, 3.63) is 52.8 Å². The number of anilines is 1. The van der Waals surface area contributed by atoms with Crippen LogP contribution >= 0.6 is 0 Å². The van der Waals surface area contributed by atoms with E-state index < -0.39 is 0 Å². The van der Waals surface area contributed by atoms with E-state index in [9.17, 15) is 0 Å². The van der Waals surface area contributed by atoms with E-state index >= 15 is 0 Å². The van der Waals surface area contributed by atoms with Crippen molar-refractivity contribution >= 4 is 5.82 Å². The molecule has 4 rings (SSSR count). The number of aromatic nitrogens is 4. The van der Waals surface area contributed by atoms with E-state index in [1.165, 1.54) is 11.1 Å². The summed E-state index contributed by atoms with van der Waals surface area (Å²) >= 11 is 0. The number of benzene rings is 1. The average molecular weight is 378 g/mol. The van der Waals surface area contributed by atoms with E-state index in [1.807, 2.05) is 19.1 Å². The second kappa shape index (κ2) is 7.31. The van der Waals surface area contributed by atoms with Crippen molar-refractivity contribution in [2.75, 3.05) is 11.9 Å². The highest BCUT2D eigenvalue weighted by molar-refractivity contribution is 5.55. The monoisotopic (exact) mass is 378 g/mol. The van der Waals surface area contributed by atoms with Gasteiger partial charge in [0.05, 0.1) is 12.2 Å². The summed E-state index contributed by atoms with van der Waals surface area (Å²) in [5.41, 5.74) is 4.58. The highest BCUT2D eigenvalue weighted by atomic mass is 16.5. The van der Waals surface area contributed by atoms with E-state index in [1.54, 1.807) is 0 Å². The zero-order valence-corrected chi connectivity index (χ0v) is 16.8. The van der Waals surface area contributed by atoms with Gasteiger partial charge in [-0.2, -0.15) is 4.98 Å². The summed E-state index contributed by atoms with van der Waals surface area (Å²) in [6.07, 6.45) is 0.910. The van der Waals surface area contributed by atoms with Crippen LogP contribution in [0.2, 0.25) is 0 Å². The minimum absolute atomic E-state index is 0.120. The minimum atomic E-state index is 0.120. The summed E-state index contributed by atoms with van der Waals surface area (Å²) in [7, 11) is 0. The van der Waals surface area contributed by atoms with Crippen LogP contribution in [0.25, 0.3) is 11.4 Å². The highest BCUT2D eigenvalue weighted by Crippen LogP contribution is 2.25. The van der Waals surface area contributed by atoms with Crippen molar-refractivity contribution in [1.29, 1.82) is 0 Å². The third-order valence-electron chi connectivity index (χ3n) is 4.93. The Morgan fingerprint density at radius 2 is 1.89 bits per heavy atom. The molecule has 0 atom stereocenters. The molecule has 2 aromatic heterocycles. The molecular weight excluding hydrogens is 352 g/mol. The lowest BCUT2D eigenvalue weighted by molar-refractivity contribution is 0.384. The molecule has 0 fully saturated rings. The van der Waals surface area contributed by atoms with Gasteiger partial charge < -0.3 is 15.2 Å². The van der Waals surface area contributed by atoms with Crippen LogP contribution in [0.1, 0.15) is 49.3 Å². The molecule has 7 heteroatoms. The summed E-state index contributed by atoms with van der Waals surface area (Å²) < 4.78 is 5.43. The number of nitrogens with zero attached hydrogens (tertiary/aromatic N) is 4. The Morgan fingerprint density at radius 3 is 2.64 bits per heavy atom. The first kappa shape index (κ1) is 18.6. The van der Waals surface area contributed by atoms with E-state index in [4.69, 9.17) is 4.52 Å². The fourth-order valence-electron chi connectivity index (χ4n) is 3.35. The molecule has 28 heavy (non-hydrogen) atoms. The molecule has 2 N–H and O–H groups in total. The third-order valence-corrected chi connectivity index (χ3v) is 4.93. The molecule has 0 radical (unpaired) electrons. The Labute approximate surface area is 165 Å². The molecule has 1 aliphatic heterocycles. The summed E-state index contributed by atoms with van der Waals surface area (Å²) in [6, 6.07) is 8.32. The van der Waals surface area contributed by atoms with Crippen LogP contribution in [0.5, 0.6) is 0 Å². The van der Waals surface area contributed by atoms with E-state index in [0.717, 1.165) is 42.4 Å². The Hall–Kier alpha value is -2.80. The number of nitrogens with one attached hydrogen (secondary N) is 2. The Bertz CT molecular complexity index is 972. The molecule has 0 unspecified atom stereocenters. The highest BCUT2D eigenvalue weighted by Gasteiger charge is 2.18. The van der Waals surface area contributed by atoms with Crippen molar-refractivity contribution in [3.8, 4) is 11.4 Å². The summed E-state index contributed by atoms with van der Waals surface area (Å²) in [4.78, 5) is 13.6. The molecule has 0 saturated heterocycles. The van der Waals surface area contributed by atoms with Gasteiger partial charge in [0.25, 0.3) is 0 Å². The number of hydrogen-bond acceptors (Lipinski definition) is 7. The van der Waals surface area contributed by atoms with Crippen LogP contribution in [-0.2, 0) is 24.9 Å². The Balaban J connectivity index is 1.48. The fraction of sp³-hybridized carbons (Fsp3) is 0.429. The van der Waals surface area contributed by atoms with Gasteiger partial charge in [0.2, 0.25) is 11.7 Å². The first-order chi connectivity index (χ1) is 13.4. The smallest absolute Gasteiger partial charge is 0.246 e. The van der Waals surface area contributed by atoms with E-state index in [2.05, 4.69) is 63.6 Å². The maximum absolute atomic E-state index is 5.43. The maximum atomic E-state index is 5.43. The standard InChI is InChI=1S/C21H26N6O/c1-13-24-17-11-22-10-9-16(17)20(25-13)23-12-18-26-19(27-28-18)14-5-7-15(8-6-14)21(2,3)4/h5-8,22H,9-12H2,1-4H3,(H,23,24,25). The van der Waals surface area contributed by atoms with Crippen molar-refractivity contribution in [2.45, 2.75) is 52.6 Å². The van der Waals surface area contributed by atoms with Gasteiger partial charge >= 0.3 is 0 Å². The molecule has 0 bridgehead atoms. The van der Waals surface area contributed by atoms with Crippen molar-refractivity contribution in [2.24, 2.45) is 0 Å². The predicted octanol–water partition coefficient (Wildman–Crippen LogP) is 3.39. The Kier molecular flexibility index (Phi) is 4.85. The molecule has 1 aromatic carbocycles. The zero-order chi connectivity index (χ0) is 19.7. The van der Waals surface area contributed by atoms with Crippen LogP contribution in [0.3, 0.4) is 0 Å². The number of hydrogen-bond donors (Lipinski definition) is 2. The average Bonchev–Trinajstić information content (AvgIpc) is 3.14. The van der Waals surface area contributed by atoms with Crippen LogP contribution in [0.4, 0.5) is 5.82 Å². The van der Waals surface area contributed by atoms with Gasteiger partial charge in [-0.05, 0) is 30.9 Å². The first-order valence-electron chi connectivity index (χ1n) is 9.64. The number of aryl methyl sites for hydroxylation is 1. The fourth-order valence-corrected chi connectivity index (χ4v) is 3.35. The molecule has 146 valence electrons. The van der Waals surface area contributed by atoms with Gasteiger partial charge in [0.15, 0.2) is 0 Å². The maximum Gasteiger partial charge on any atom is 0.246 e. The van der Waals surface area contributed by atoms with E-state index in [-0.39, 0.29) is 5.41 Å². The second-order valence-electron chi connectivity index (χ2n) is 8.16. The molecule has 0 spiro atoms. The first-order valence-corrected chi connectivity index (χ1v) is 9.64.